The molecule has 1 aromatic carbocycles. The Morgan fingerprint density at radius 2 is 2.05 bits per heavy atom. The van der Waals surface area contributed by atoms with Crippen LogP contribution in [0.15, 0.2) is 48.7 Å². The lowest BCUT2D eigenvalue weighted by Crippen LogP contribution is -2.24. The molecule has 5 nitrogen and oxygen atoms in total. The summed E-state index contributed by atoms with van der Waals surface area (Å²) in [4.78, 5) is 28.5. The van der Waals surface area contributed by atoms with E-state index in [0.717, 1.165) is 5.69 Å². The zero-order valence-electron chi connectivity index (χ0n) is 11.4. The highest BCUT2D eigenvalue weighted by Crippen LogP contribution is 2.32. The van der Waals surface area contributed by atoms with Gasteiger partial charge >= 0.3 is 0 Å². The summed E-state index contributed by atoms with van der Waals surface area (Å²) in [5.74, 6) is 0.736. The first-order valence-corrected chi connectivity index (χ1v) is 6.79. The van der Waals surface area contributed by atoms with Gasteiger partial charge in [-0.3, -0.25) is 9.59 Å². The van der Waals surface area contributed by atoms with Crippen molar-refractivity contribution in [2.45, 2.75) is 12.3 Å². The first kappa shape index (κ1) is 13.3. The van der Waals surface area contributed by atoms with Crippen LogP contribution in [0.2, 0.25) is 0 Å². The van der Waals surface area contributed by atoms with Crippen LogP contribution in [0.25, 0.3) is 0 Å². The number of carbonyl (C=O) groups excluding carboxylic acids is 2. The Morgan fingerprint density at radius 1 is 1.24 bits per heavy atom. The van der Waals surface area contributed by atoms with Gasteiger partial charge in [0.05, 0.1) is 0 Å². The van der Waals surface area contributed by atoms with Crippen molar-refractivity contribution in [1.82, 2.24) is 4.98 Å². The lowest BCUT2D eigenvalue weighted by atomic mass is 9.99. The van der Waals surface area contributed by atoms with Crippen LogP contribution in [-0.2, 0) is 9.59 Å². The second-order valence-electron chi connectivity index (χ2n) is 4.98. The Bertz CT molecular complexity index is 658. The number of hydrogen-bond donors (Lipinski definition) is 1. The van der Waals surface area contributed by atoms with Gasteiger partial charge in [0.2, 0.25) is 12.3 Å². The van der Waals surface area contributed by atoms with Gasteiger partial charge in [-0.1, -0.05) is 30.3 Å². The fraction of sp³-hybridized carbons (Fsp3) is 0.188. The first-order valence-electron chi connectivity index (χ1n) is 6.79. The van der Waals surface area contributed by atoms with E-state index in [-0.39, 0.29) is 11.8 Å². The molecule has 2 heterocycles. The zero-order valence-corrected chi connectivity index (χ0v) is 11.4. The van der Waals surface area contributed by atoms with Crippen LogP contribution in [0.4, 0.5) is 11.5 Å². The topological polar surface area (TPSA) is 62.3 Å². The van der Waals surface area contributed by atoms with Crippen molar-refractivity contribution < 1.29 is 9.59 Å². The van der Waals surface area contributed by atoms with E-state index in [0.29, 0.717) is 25.2 Å². The minimum Gasteiger partial charge on any atom is -0.313 e. The fourth-order valence-corrected chi connectivity index (χ4v) is 2.63. The minimum absolute atomic E-state index is 0.0899. The van der Waals surface area contributed by atoms with Gasteiger partial charge in [0.15, 0.2) is 0 Å². The first-order chi connectivity index (χ1) is 10.3. The molecule has 0 spiro atoms. The third-order valence-electron chi connectivity index (χ3n) is 3.66. The van der Waals surface area contributed by atoms with Crippen LogP contribution < -0.4 is 10.2 Å². The van der Waals surface area contributed by atoms with Gasteiger partial charge in [0, 0.05) is 36.8 Å². The fourth-order valence-electron chi connectivity index (χ4n) is 2.63. The Balaban J connectivity index is 1.82. The van der Waals surface area contributed by atoms with Crippen molar-refractivity contribution in [1.29, 1.82) is 0 Å². The number of carbonyl (C=O) groups is 2. The normalized spacial score (nSPS) is 17.8. The molecule has 3 rings (SSSR count). The molecule has 0 aliphatic carbocycles. The van der Waals surface area contributed by atoms with Crippen LogP contribution in [0.3, 0.4) is 0 Å². The molecule has 106 valence electrons. The molecule has 0 radical (unpaired) electrons. The second-order valence-corrected chi connectivity index (χ2v) is 4.98. The lowest BCUT2D eigenvalue weighted by molar-refractivity contribution is -0.117. The monoisotopic (exact) mass is 281 g/mol. The van der Waals surface area contributed by atoms with E-state index in [2.05, 4.69) is 10.3 Å². The quantitative estimate of drug-likeness (QED) is 0.874. The van der Waals surface area contributed by atoms with Gasteiger partial charge in [-0.05, 0) is 11.6 Å². The predicted molar refractivity (Wildman–Crippen MR) is 80.1 cm³/mol. The van der Waals surface area contributed by atoms with Gasteiger partial charge in [-0.25, -0.2) is 4.98 Å². The lowest BCUT2D eigenvalue weighted by Gasteiger charge is -2.17. The molecule has 1 aliphatic rings. The Kier molecular flexibility index (Phi) is 3.64. The number of anilines is 2. The number of nitrogens with zero attached hydrogens (tertiary/aromatic N) is 2. The van der Waals surface area contributed by atoms with E-state index in [1.54, 1.807) is 23.2 Å². The summed E-state index contributed by atoms with van der Waals surface area (Å²) in [6, 6.07) is 13.5. The number of rotatable bonds is 4. The number of benzene rings is 1. The van der Waals surface area contributed by atoms with E-state index in [1.807, 2.05) is 30.3 Å². The van der Waals surface area contributed by atoms with Crippen molar-refractivity contribution in [3.05, 3.63) is 54.2 Å². The van der Waals surface area contributed by atoms with Crippen LogP contribution >= 0.6 is 0 Å². The molecule has 1 saturated heterocycles. The Morgan fingerprint density at radius 3 is 2.81 bits per heavy atom. The summed E-state index contributed by atoms with van der Waals surface area (Å²) in [7, 11) is 0. The molecule has 1 N–H and O–H groups in total. The Hall–Kier alpha value is -2.69. The highest BCUT2D eigenvalue weighted by molar-refractivity contribution is 5.96. The standard InChI is InChI=1S/C16H15N3O2/c20-11-18-15-9-14(6-7-17-15)19-10-13(8-16(19)21)12-4-2-1-3-5-12/h1-7,9,11,13H,8,10H2,(H,17,18,20). The molecule has 21 heavy (non-hydrogen) atoms. The average Bonchev–Trinajstić information content (AvgIpc) is 2.91. The van der Waals surface area contributed by atoms with E-state index in [4.69, 9.17) is 0 Å². The molecule has 2 amide bonds. The third-order valence-corrected chi connectivity index (χ3v) is 3.66. The smallest absolute Gasteiger partial charge is 0.227 e. The van der Waals surface area contributed by atoms with Gasteiger partial charge < -0.3 is 10.2 Å². The third kappa shape index (κ3) is 2.76. The molecule has 0 bridgehead atoms. The van der Waals surface area contributed by atoms with Crippen LogP contribution in [0.5, 0.6) is 0 Å². The van der Waals surface area contributed by atoms with Crippen molar-refractivity contribution in [2.75, 3.05) is 16.8 Å². The van der Waals surface area contributed by atoms with Gasteiger partial charge in [-0.15, -0.1) is 0 Å². The number of nitrogens with one attached hydrogen (secondary N) is 1. The Labute approximate surface area is 122 Å². The SMILES string of the molecule is O=CNc1cc(N2CC(c3ccccc3)CC2=O)ccn1. The number of pyridine rings is 1. The number of hydrogen-bond acceptors (Lipinski definition) is 3. The van der Waals surface area contributed by atoms with Crippen molar-refractivity contribution in [3.8, 4) is 0 Å². The van der Waals surface area contributed by atoms with E-state index >= 15 is 0 Å². The summed E-state index contributed by atoms with van der Waals surface area (Å²) in [6.07, 6.45) is 2.66. The average molecular weight is 281 g/mol. The minimum atomic E-state index is 0.0899. The molecule has 2 aromatic rings. The number of aromatic nitrogens is 1. The predicted octanol–water partition coefficient (Wildman–Crippen LogP) is 2.17. The van der Waals surface area contributed by atoms with Crippen LogP contribution in [0.1, 0.15) is 17.9 Å². The van der Waals surface area contributed by atoms with Crippen LogP contribution in [-0.4, -0.2) is 23.8 Å². The summed E-state index contributed by atoms with van der Waals surface area (Å²) in [5.41, 5.74) is 1.94. The highest BCUT2D eigenvalue weighted by atomic mass is 16.2. The molecule has 0 saturated carbocycles. The summed E-state index contributed by atoms with van der Waals surface area (Å²) in [5, 5.41) is 2.50. The zero-order chi connectivity index (χ0) is 14.7. The van der Waals surface area contributed by atoms with E-state index in [9.17, 15) is 9.59 Å². The maximum Gasteiger partial charge on any atom is 0.227 e. The summed E-state index contributed by atoms with van der Waals surface area (Å²) >= 11 is 0. The maximum atomic E-state index is 12.2. The van der Waals surface area contributed by atoms with Crippen molar-refractivity contribution in [2.24, 2.45) is 0 Å². The molecule has 1 aromatic heterocycles. The second kappa shape index (κ2) is 5.75. The molecule has 1 atom stereocenters. The molecule has 1 fully saturated rings. The van der Waals surface area contributed by atoms with Gasteiger partial charge in [-0.2, -0.15) is 0 Å². The van der Waals surface area contributed by atoms with Gasteiger partial charge in [0.1, 0.15) is 5.82 Å². The van der Waals surface area contributed by atoms with Crippen molar-refractivity contribution >= 4 is 23.8 Å². The molecular weight excluding hydrogens is 266 g/mol. The van der Waals surface area contributed by atoms with E-state index in [1.165, 1.54) is 5.56 Å². The van der Waals surface area contributed by atoms with Gasteiger partial charge in [0.25, 0.3) is 0 Å². The number of amides is 2. The maximum absolute atomic E-state index is 12.2. The molecule has 1 aliphatic heterocycles. The highest BCUT2D eigenvalue weighted by Gasteiger charge is 2.31. The molecule has 5 heteroatoms. The molecular formula is C16H15N3O2. The summed E-state index contributed by atoms with van der Waals surface area (Å²) < 4.78 is 0. The van der Waals surface area contributed by atoms with Crippen molar-refractivity contribution in [3.63, 3.8) is 0 Å². The largest absolute Gasteiger partial charge is 0.313 e. The molecule has 1 unspecified atom stereocenters. The van der Waals surface area contributed by atoms with Crippen LogP contribution in [0, 0.1) is 0 Å². The summed E-state index contributed by atoms with van der Waals surface area (Å²) in [6.45, 7) is 0.646. The van der Waals surface area contributed by atoms with E-state index < -0.39 is 0 Å².